The number of ether oxygens (including phenoxy) is 1. The first kappa shape index (κ1) is 9.83. The molecule has 0 atom stereocenters. The van der Waals surface area contributed by atoms with Crippen LogP contribution in [0.25, 0.3) is 0 Å². The number of alkyl halides is 3. The van der Waals surface area contributed by atoms with Crippen LogP contribution in [0, 0.1) is 5.82 Å². The molecule has 0 amide bonds. The standard InChI is InChI=1S/C8H6F4O/c1-13-7-4-5(9)2-3-6(7)8(10,11)12/h2-4H,1H3. The fraction of sp³-hybridized carbons (Fsp3) is 0.250. The zero-order valence-electron chi connectivity index (χ0n) is 6.65. The van der Waals surface area contributed by atoms with E-state index in [-0.39, 0.29) is 0 Å². The predicted molar refractivity (Wildman–Crippen MR) is 38.0 cm³/mol. The van der Waals surface area contributed by atoms with E-state index in [2.05, 4.69) is 4.74 Å². The third-order valence-electron chi connectivity index (χ3n) is 1.47. The van der Waals surface area contributed by atoms with E-state index in [1.165, 1.54) is 0 Å². The lowest BCUT2D eigenvalue weighted by atomic mass is 10.2. The number of hydrogen-bond donors (Lipinski definition) is 0. The first-order chi connectivity index (χ1) is 5.95. The van der Waals surface area contributed by atoms with E-state index >= 15 is 0 Å². The Morgan fingerprint density at radius 2 is 1.85 bits per heavy atom. The molecule has 0 aliphatic heterocycles. The molecular formula is C8H6F4O. The van der Waals surface area contributed by atoms with Gasteiger partial charge in [0, 0.05) is 6.07 Å². The lowest BCUT2D eigenvalue weighted by Crippen LogP contribution is -2.07. The second kappa shape index (κ2) is 3.24. The second-order valence-electron chi connectivity index (χ2n) is 2.34. The predicted octanol–water partition coefficient (Wildman–Crippen LogP) is 2.85. The first-order valence-corrected chi connectivity index (χ1v) is 3.36. The van der Waals surface area contributed by atoms with E-state index in [9.17, 15) is 17.6 Å². The lowest BCUT2D eigenvalue weighted by Gasteiger charge is -2.10. The summed E-state index contributed by atoms with van der Waals surface area (Å²) in [5.74, 6) is -1.27. The van der Waals surface area contributed by atoms with Crippen LogP contribution in [0.1, 0.15) is 5.56 Å². The second-order valence-corrected chi connectivity index (χ2v) is 2.34. The van der Waals surface area contributed by atoms with Crippen molar-refractivity contribution >= 4 is 0 Å². The molecule has 0 radical (unpaired) electrons. The summed E-state index contributed by atoms with van der Waals surface area (Å²) < 4.78 is 53.4. The van der Waals surface area contributed by atoms with Crippen LogP contribution in [0.15, 0.2) is 18.2 Å². The fourth-order valence-corrected chi connectivity index (χ4v) is 0.899. The summed E-state index contributed by atoms with van der Waals surface area (Å²) in [4.78, 5) is 0. The summed E-state index contributed by atoms with van der Waals surface area (Å²) in [6.07, 6.45) is -4.51. The van der Waals surface area contributed by atoms with Crippen LogP contribution in [0.2, 0.25) is 0 Å². The highest BCUT2D eigenvalue weighted by molar-refractivity contribution is 5.36. The largest absolute Gasteiger partial charge is 0.496 e. The fourth-order valence-electron chi connectivity index (χ4n) is 0.899. The highest BCUT2D eigenvalue weighted by atomic mass is 19.4. The Kier molecular flexibility index (Phi) is 2.45. The topological polar surface area (TPSA) is 9.23 Å². The van der Waals surface area contributed by atoms with Crippen LogP contribution in [0.3, 0.4) is 0 Å². The lowest BCUT2D eigenvalue weighted by molar-refractivity contribution is -0.138. The number of benzene rings is 1. The Morgan fingerprint density at radius 3 is 2.31 bits per heavy atom. The van der Waals surface area contributed by atoms with Crippen molar-refractivity contribution in [2.24, 2.45) is 0 Å². The van der Waals surface area contributed by atoms with Crippen LogP contribution in [-0.4, -0.2) is 7.11 Å². The average molecular weight is 194 g/mol. The summed E-state index contributed by atoms with van der Waals surface area (Å²) in [5.41, 5.74) is -0.976. The van der Waals surface area contributed by atoms with Crippen molar-refractivity contribution in [3.8, 4) is 5.75 Å². The molecule has 0 heterocycles. The van der Waals surface area contributed by atoms with Crippen molar-refractivity contribution in [3.05, 3.63) is 29.6 Å². The molecule has 72 valence electrons. The zero-order valence-corrected chi connectivity index (χ0v) is 6.65. The van der Waals surface area contributed by atoms with E-state index in [0.717, 1.165) is 13.2 Å². The van der Waals surface area contributed by atoms with E-state index in [4.69, 9.17) is 0 Å². The Morgan fingerprint density at radius 1 is 1.23 bits per heavy atom. The van der Waals surface area contributed by atoms with Crippen LogP contribution in [0.5, 0.6) is 5.75 Å². The van der Waals surface area contributed by atoms with Gasteiger partial charge >= 0.3 is 6.18 Å². The Hall–Kier alpha value is -1.26. The Balaban J connectivity index is 3.22. The van der Waals surface area contributed by atoms with Gasteiger partial charge in [0.15, 0.2) is 0 Å². The number of hydrogen-bond acceptors (Lipinski definition) is 1. The van der Waals surface area contributed by atoms with Gasteiger partial charge in [0.1, 0.15) is 11.6 Å². The Labute approximate surface area is 71.9 Å². The van der Waals surface area contributed by atoms with Gasteiger partial charge in [0.25, 0.3) is 0 Å². The number of halogens is 4. The molecule has 1 aromatic rings. The molecule has 0 aromatic heterocycles. The van der Waals surface area contributed by atoms with Crippen LogP contribution < -0.4 is 4.74 Å². The van der Waals surface area contributed by atoms with Crippen molar-refractivity contribution in [2.45, 2.75) is 6.18 Å². The summed E-state index contributed by atoms with van der Waals surface area (Å²) >= 11 is 0. The molecule has 0 fully saturated rings. The minimum absolute atomic E-state index is 0.507. The quantitative estimate of drug-likeness (QED) is 0.624. The Bertz CT molecular complexity index is 306. The summed E-state index contributed by atoms with van der Waals surface area (Å²) in [5, 5.41) is 0. The molecule has 13 heavy (non-hydrogen) atoms. The molecule has 0 aliphatic rings. The molecule has 0 spiro atoms. The molecule has 0 saturated carbocycles. The van der Waals surface area contributed by atoms with E-state index < -0.39 is 23.3 Å². The van der Waals surface area contributed by atoms with Gasteiger partial charge in [-0.3, -0.25) is 0 Å². The maximum atomic E-state index is 12.5. The van der Waals surface area contributed by atoms with Gasteiger partial charge in [0.05, 0.1) is 12.7 Å². The molecule has 1 nitrogen and oxygen atoms in total. The summed E-state index contributed by atoms with van der Waals surface area (Å²) in [6, 6.07) is 2.09. The van der Waals surface area contributed by atoms with Gasteiger partial charge in [-0.1, -0.05) is 0 Å². The third kappa shape index (κ3) is 2.11. The summed E-state index contributed by atoms with van der Waals surface area (Å²) in [6.45, 7) is 0. The number of methoxy groups -OCH3 is 1. The third-order valence-corrected chi connectivity index (χ3v) is 1.47. The van der Waals surface area contributed by atoms with Crippen LogP contribution >= 0.6 is 0 Å². The van der Waals surface area contributed by atoms with Crippen LogP contribution in [0.4, 0.5) is 17.6 Å². The highest BCUT2D eigenvalue weighted by Gasteiger charge is 2.34. The smallest absolute Gasteiger partial charge is 0.419 e. The number of rotatable bonds is 1. The van der Waals surface area contributed by atoms with Crippen LogP contribution in [-0.2, 0) is 6.18 Å². The van der Waals surface area contributed by atoms with Gasteiger partial charge in [0.2, 0.25) is 0 Å². The summed E-state index contributed by atoms with van der Waals surface area (Å²) in [7, 11) is 1.06. The molecule has 5 heteroatoms. The molecule has 1 aromatic carbocycles. The zero-order chi connectivity index (χ0) is 10.1. The highest BCUT2D eigenvalue weighted by Crippen LogP contribution is 2.36. The molecule has 0 unspecified atom stereocenters. The van der Waals surface area contributed by atoms with Crippen molar-refractivity contribution < 1.29 is 22.3 Å². The molecule has 0 bridgehead atoms. The van der Waals surface area contributed by atoms with Gasteiger partial charge in [-0.25, -0.2) is 4.39 Å². The normalized spacial score (nSPS) is 11.5. The molecule has 0 aliphatic carbocycles. The maximum Gasteiger partial charge on any atom is 0.419 e. The molecule has 0 saturated heterocycles. The minimum Gasteiger partial charge on any atom is -0.496 e. The van der Waals surface area contributed by atoms with Crippen molar-refractivity contribution in [1.82, 2.24) is 0 Å². The van der Waals surface area contributed by atoms with Gasteiger partial charge < -0.3 is 4.74 Å². The van der Waals surface area contributed by atoms with Crippen molar-refractivity contribution in [3.63, 3.8) is 0 Å². The molecule has 1 rings (SSSR count). The maximum absolute atomic E-state index is 12.5. The van der Waals surface area contributed by atoms with Gasteiger partial charge in [-0.05, 0) is 12.1 Å². The van der Waals surface area contributed by atoms with Crippen molar-refractivity contribution in [1.29, 1.82) is 0 Å². The van der Waals surface area contributed by atoms with Gasteiger partial charge in [-0.15, -0.1) is 0 Å². The van der Waals surface area contributed by atoms with E-state index in [1.807, 2.05) is 0 Å². The van der Waals surface area contributed by atoms with E-state index in [1.54, 1.807) is 0 Å². The SMILES string of the molecule is COc1cc(F)ccc1C(F)(F)F. The average Bonchev–Trinajstić information content (AvgIpc) is 2.01. The molecular weight excluding hydrogens is 188 g/mol. The first-order valence-electron chi connectivity index (χ1n) is 3.36. The molecule has 0 N–H and O–H groups in total. The minimum atomic E-state index is -4.51. The van der Waals surface area contributed by atoms with Gasteiger partial charge in [-0.2, -0.15) is 13.2 Å². The van der Waals surface area contributed by atoms with Crippen molar-refractivity contribution in [2.75, 3.05) is 7.11 Å². The monoisotopic (exact) mass is 194 g/mol. The van der Waals surface area contributed by atoms with E-state index in [0.29, 0.717) is 12.1 Å².